The fourth-order valence-corrected chi connectivity index (χ4v) is 4.69. The lowest BCUT2D eigenvalue weighted by atomic mass is 9.87. The summed E-state index contributed by atoms with van der Waals surface area (Å²) in [5.74, 6) is 1.29. The van der Waals surface area contributed by atoms with E-state index in [0.29, 0.717) is 24.5 Å². The standard InChI is InChI=1S/C28H32N6O5S/c1-28(2,3)19-10-12-20(13-11-19)40(35,36)34-26-24(27(32-18-31-26)38-17-7-15-29)25-30-16-14-23(33-25)39-22-9-6-5-8-21(22)37-4/h5-6,8-14,16,18H,7,15,17,29H2,1-4H3,(H,31,32,34). The van der Waals surface area contributed by atoms with Crippen molar-refractivity contribution < 1.29 is 22.6 Å². The van der Waals surface area contributed by atoms with E-state index in [2.05, 4.69) is 45.4 Å². The lowest BCUT2D eigenvalue weighted by Crippen LogP contribution is -2.17. The fourth-order valence-electron chi connectivity index (χ4n) is 3.67. The van der Waals surface area contributed by atoms with Gasteiger partial charge in [-0.25, -0.2) is 23.4 Å². The van der Waals surface area contributed by atoms with Gasteiger partial charge in [-0.3, -0.25) is 4.72 Å². The largest absolute Gasteiger partial charge is 0.493 e. The summed E-state index contributed by atoms with van der Waals surface area (Å²) in [6.45, 7) is 6.82. The topological polar surface area (TPSA) is 151 Å². The van der Waals surface area contributed by atoms with Crippen LogP contribution in [0.4, 0.5) is 5.82 Å². The molecule has 12 heteroatoms. The van der Waals surface area contributed by atoms with Crippen LogP contribution in [-0.4, -0.2) is 48.6 Å². The maximum Gasteiger partial charge on any atom is 0.263 e. The van der Waals surface area contributed by atoms with Crippen LogP contribution in [0.15, 0.2) is 72.0 Å². The molecule has 2 heterocycles. The van der Waals surface area contributed by atoms with Crippen LogP contribution in [-0.2, 0) is 15.4 Å². The molecule has 210 valence electrons. The summed E-state index contributed by atoms with van der Waals surface area (Å²) in [6, 6.07) is 15.4. The third kappa shape index (κ3) is 6.82. The zero-order valence-electron chi connectivity index (χ0n) is 22.8. The number of rotatable bonds is 11. The molecule has 0 bridgehead atoms. The molecule has 0 spiro atoms. The maximum atomic E-state index is 13.4. The molecule has 40 heavy (non-hydrogen) atoms. The number of para-hydroxylation sites is 2. The number of nitrogens with zero attached hydrogens (tertiary/aromatic N) is 4. The van der Waals surface area contributed by atoms with Gasteiger partial charge in [0.2, 0.25) is 11.8 Å². The summed E-state index contributed by atoms with van der Waals surface area (Å²) in [5.41, 5.74) is 6.65. The van der Waals surface area contributed by atoms with Crippen LogP contribution in [0.2, 0.25) is 0 Å². The molecule has 0 unspecified atom stereocenters. The van der Waals surface area contributed by atoms with E-state index in [9.17, 15) is 8.42 Å². The molecule has 0 aliphatic heterocycles. The molecule has 3 N–H and O–H groups in total. The highest BCUT2D eigenvalue weighted by Gasteiger charge is 2.24. The number of hydrogen-bond donors (Lipinski definition) is 2. The van der Waals surface area contributed by atoms with Crippen LogP contribution < -0.4 is 24.7 Å². The Bertz CT molecular complexity index is 1560. The second-order valence-electron chi connectivity index (χ2n) is 9.74. The highest BCUT2D eigenvalue weighted by molar-refractivity contribution is 7.92. The molecule has 0 saturated carbocycles. The van der Waals surface area contributed by atoms with Crippen molar-refractivity contribution in [2.75, 3.05) is 25.0 Å². The van der Waals surface area contributed by atoms with E-state index in [-0.39, 0.29) is 45.9 Å². The lowest BCUT2D eigenvalue weighted by Gasteiger charge is -2.19. The van der Waals surface area contributed by atoms with E-state index in [1.54, 1.807) is 48.5 Å². The van der Waals surface area contributed by atoms with Crippen molar-refractivity contribution in [1.82, 2.24) is 19.9 Å². The first-order valence-electron chi connectivity index (χ1n) is 12.6. The second-order valence-corrected chi connectivity index (χ2v) is 11.4. The summed E-state index contributed by atoms with van der Waals surface area (Å²) in [4.78, 5) is 17.3. The SMILES string of the molecule is COc1ccccc1Oc1ccnc(-c2c(NS(=O)(=O)c3ccc(C(C)(C)C)cc3)ncnc2OCCCN)n1. The number of methoxy groups -OCH3 is 1. The lowest BCUT2D eigenvalue weighted by molar-refractivity contribution is 0.302. The molecule has 0 saturated heterocycles. The first kappa shape index (κ1) is 28.7. The Morgan fingerprint density at radius 3 is 2.35 bits per heavy atom. The minimum absolute atomic E-state index is 0.0490. The van der Waals surface area contributed by atoms with Crippen molar-refractivity contribution in [1.29, 1.82) is 0 Å². The number of anilines is 1. The van der Waals surface area contributed by atoms with E-state index in [4.69, 9.17) is 19.9 Å². The summed E-state index contributed by atoms with van der Waals surface area (Å²) in [7, 11) is -2.50. The van der Waals surface area contributed by atoms with Crippen molar-refractivity contribution in [3.05, 3.63) is 72.7 Å². The van der Waals surface area contributed by atoms with Gasteiger partial charge < -0.3 is 19.9 Å². The van der Waals surface area contributed by atoms with Gasteiger partial charge in [0.05, 0.1) is 18.6 Å². The first-order chi connectivity index (χ1) is 19.1. The zero-order valence-corrected chi connectivity index (χ0v) is 23.6. The van der Waals surface area contributed by atoms with Crippen LogP contribution in [0.3, 0.4) is 0 Å². The third-order valence-corrected chi connectivity index (χ3v) is 7.15. The van der Waals surface area contributed by atoms with Gasteiger partial charge in [0.15, 0.2) is 23.1 Å². The van der Waals surface area contributed by atoms with Gasteiger partial charge in [-0.05, 0) is 48.2 Å². The molecule has 2 aromatic heterocycles. The van der Waals surface area contributed by atoms with Gasteiger partial charge >= 0.3 is 0 Å². The van der Waals surface area contributed by atoms with Crippen LogP contribution >= 0.6 is 0 Å². The second kappa shape index (κ2) is 12.3. The van der Waals surface area contributed by atoms with Crippen molar-refractivity contribution in [2.45, 2.75) is 37.5 Å². The van der Waals surface area contributed by atoms with E-state index in [1.807, 2.05) is 6.07 Å². The highest BCUT2D eigenvalue weighted by Crippen LogP contribution is 2.35. The first-order valence-corrected chi connectivity index (χ1v) is 14.1. The molecule has 0 fully saturated rings. The third-order valence-electron chi connectivity index (χ3n) is 5.80. The Morgan fingerprint density at radius 1 is 0.950 bits per heavy atom. The maximum absolute atomic E-state index is 13.4. The van der Waals surface area contributed by atoms with Gasteiger partial charge in [0.25, 0.3) is 10.0 Å². The molecule has 0 atom stereocenters. The monoisotopic (exact) mass is 564 g/mol. The molecular formula is C28H32N6O5S. The zero-order chi connectivity index (χ0) is 28.8. The summed E-state index contributed by atoms with van der Waals surface area (Å²) in [5, 5.41) is 0. The Balaban J connectivity index is 1.73. The van der Waals surface area contributed by atoms with Crippen molar-refractivity contribution in [3.8, 4) is 34.6 Å². The Kier molecular flexibility index (Phi) is 8.80. The number of nitrogens with two attached hydrogens (primary N) is 1. The Labute approximate surface area is 233 Å². The molecule has 4 rings (SSSR count). The average molecular weight is 565 g/mol. The smallest absolute Gasteiger partial charge is 0.263 e. The number of hydrogen-bond acceptors (Lipinski definition) is 10. The van der Waals surface area contributed by atoms with E-state index >= 15 is 0 Å². The van der Waals surface area contributed by atoms with E-state index in [0.717, 1.165) is 5.56 Å². The van der Waals surface area contributed by atoms with Gasteiger partial charge in [0.1, 0.15) is 11.9 Å². The van der Waals surface area contributed by atoms with Crippen LogP contribution in [0.5, 0.6) is 23.3 Å². The quantitative estimate of drug-likeness (QED) is 0.248. The summed E-state index contributed by atoms with van der Waals surface area (Å²) >= 11 is 0. The molecule has 2 aromatic carbocycles. The molecule has 0 amide bonds. The number of aromatic nitrogens is 4. The van der Waals surface area contributed by atoms with Crippen LogP contribution in [0, 0.1) is 0 Å². The predicted molar refractivity (Wildman–Crippen MR) is 151 cm³/mol. The average Bonchev–Trinajstić information content (AvgIpc) is 2.93. The minimum atomic E-state index is -4.03. The predicted octanol–water partition coefficient (Wildman–Crippen LogP) is 4.56. The number of nitrogens with one attached hydrogen (secondary N) is 1. The molecule has 0 aliphatic carbocycles. The normalized spacial score (nSPS) is 11.6. The van der Waals surface area contributed by atoms with Gasteiger partial charge in [0, 0.05) is 12.3 Å². The molecule has 4 aromatic rings. The molecule has 0 radical (unpaired) electrons. The van der Waals surface area contributed by atoms with Crippen LogP contribution in [0.25, 0.3) is 11.4 Å². The van der Waals surface area contributed by atoms with Gasteiger partial charge in [-0.15, -0.1) is 0 Å². The molecule has 11 nitrogen and oxygen atoms in total. The van der Waals surface area contributed by atoms with Gasteiger partial charge in [-0.2, -0.15) is 4.98 Å². The minimum Gasteiger partial charge on any atom is -0.493 e. The fraction of sp³-hybridized carbons (Fsp3) is 0.286. The number of ether oxygens (including phenoxy) is 3. The molecular weight excluding hydrogens is 532 g/mol. The Morgan fingerprint density at radius 2 is 1.68 bits per heavy atom. The van der Waals surface area contributed by atoms with E-state index < -0.39 is 10.0 Å². The van der Waals surface area contributed by atoms with Crippen molar-refractivity contribution >= 4 is 15.8 Å². The summed E-state index contributed by atoms with van der Waals surface area (Å²) < 4.78 is 46.5. The van der Waals surface area contributed by atoms with Crippen molar-refractivity contribution in [3.63, 3.8) is 0 Å². The van der Waals surface area contributed by atoms with E-state index in [1.165, 1.54) is 19.6 Å². The number of sulfonamides is 1. The highest BCUT2D eigenvalue weighted by atomic mass is 32.2. The van der Waals surface area contributed by atoms with Gasteiger partial charge in [-0.1, -0.05) is 45.0 Å². The van der Waals surface area contributed by atoms with Crippen molar-refractivity contribution in [2.24, 2.45) is 5.73 Å². The summed E-state index contributed by atoms with van der Waals surface area (Å²) in [6.07, 6.45) is 3.24. The van der Waals surface area contributed by atoms with Crippen LogP contribution in [0.1, 0.15) is 32.8 Å². The number of benzene rings is 2. The molecule has 0 aliphatic rings. The Hall–Kier alpha value is -4.29.